The number of hydrogen-bond acceptors (Lipinski definition) is 4. The van der Waals surface area contributed by atoms with Crippen LogP contribution in [0.2, 0.25) is 0 Å². The van der Waals surface area contributed by atoms with Crippen LogP contribution in [-0.4, -0.2) is 53.3 Å². The highest BCUT2D eigenvalue weighted by molar-refractivity contribution is 8.00. The number of alkyl carbamates (subject to hydrolysis) is 1. The Labute approximate surface area is 115 Å². The van der Waals surface area contributed by atoms with Crippen LogP contribution in [0.1, 0.15) is 34.6 Å². The van der Waals surface area contributed by atoms with Crippen LogP contribution in [0.3, 0.4) is 0 Å². The van der Waals surface area contributed by atoms with Gasteiger partial charge in [-0.05, 0) is 20.8 Å². The minimum absolute atomic E-state index is 0.324. The Morgan fingerprint density at radius 3 is 2.39 bits per heavy atom. The molecule has 1 aliphatic rings. The van der Waals surface area contributed by atoms with Gasteiger partial charge in [0.2, 0.25) is 0 Å². The topological polar surface area (TPSA) is 41.6 Å². The molecule has 18 heavy (non-hydrogen) atoms. The standard InChI is InChI=1S/C13H26N2O2S/c1-10-8-15(9-11(2)18-10)7-6-14-12(16)17-13(3,4)5/h10-11H,6-9H2,1-5H3,(H,14,16)/t10-,11-/m1/s1. The van der Waals surface area contributed by atoms with Gasteiger partial charge in [-0.2, -0.15) is 11.8 Å². The van der Waals surface area contributed by atoms with Gasteiger partial charge in [0.1, 0.15) is 5.60 Å². The van der Waals surface area contributed by atoms with Crippen LogP contribution >= 0.6 is 11.8 Å². The molecule has 106 valence electrons. The van der Waals surface area contributed by atoms with E-state index in [0.717, 1.165) is 19.6 Å². The number of ether oxygens (including phenoxy) is 1. The Hall–Kier alpha value is -0.420. The third-order valence-electron chi connectivity index (χ3n) is 2.59. The van der Waals surface area contributed by atoms with Crippen LogP contribution in [0.15, 0.2) is 0 Å². The molecule has 1 saturated heterocycles. The molecule has 0 aromatic heterocycles. The van der Waals surface area contributed by atoms with Gasteiger partial charge in [-0.3, -0.25) is 4.90 Å². The van der Waals surface area contributed by atoms with E-state index in [2.05, 4.69) is 24.1 Å². The van der Waals surface area contributed by atoms with E-state index in [9.17, 15) is 4.79 Å². The van der Waals surface area contributed by atoms with Crippen molar-refractivity contribution in [1.82, 2.24) is 10.2 Å². The molecule has 1 aliphatic heterocycles. The fourth-order valence-corrected chi connectivity index (χ4v) is 3.48. The van der Waals surface area contributed by atoms with Crippen LogP contribution in [0, 0.1) is 0 Å². The van der Waals surface area contributed by atoms with Crippen molar-refractivity contribution in [2.75, 3.05) is 26.2 Å². The van der Waals surface area contributed by atoms with Gasteiger partial charge >= 0.3 is 6.09 Å². The molecule has 2 atom stereocenters. The van der Waals surface area contributed by atoms with E-state index in [1.165, 1.54) is 0 Å². The molecular weight excluding hydrogens is 248 g/mol. The van der Waals surface area contributed by atoms with Gasteiger partial charge in [-0.15, -0.1) is 0 Å². The summed E-state index contributed by atoms with van der Waals surface area (Å²) in [5, 5.41) is 4.16. The lowest BCUT2D eigenvalue weighted by molar-refractivity contribution is 0.0522. The predicted molar refractivity (Wildman–Crippen MR) is 77.2 cm³/mol. The Morgan fingerprint density at radius 2 is 1.89 bits per heavy atom. The van der Waals surface area contributed by atoms with Crippen LogP contribution in [-0.2, 0) is 4.74 Å². The van der Waals surface area contributed by atoms with Crippen molar-refractivity contribution in [2.24, 2.45) is 0 Å². The molecule has 0 unspecified atom stereocenters. The third-order valence-corrected chi connectivity index (χ3v) is 3.82. The first-order valence-electron chi connectivity index (χ1n) is 6.61. The highest BCUT2D eigenvalue weighted by Crippen LogP contribution is 2.24. The van der Waals surface area contributed by atoms with Gasteiger partial charge in [0, 0.05) is 36.7 Å². The average molecular weight is 274 g/mol. The molecule has 0 aromatic rings. The maximum atomic E-state index is 11.5. The zero-order chi connectivity index (χ0) is 13.8. The molecule has 4 nitrogen and oxygen atoms in total. The lowest BCUT2D eigenvalue weighted by Crippen LogP contribution is -2.44. The molecule has 1 rings (SSSR count). The fraction of sp³-hybridized carbons (Fsp3) is 0.923. The fourth-order valence-electron chi connectivity index (χ4n) is 2.10. The van der Waals surface area contributed by atoms with Gasteiger partial charge < -0.3 is 10.1 Å². The molecule has 1 fully saturated rings. The van der Waals surface area contributed by atoms with E-state index in [-0.39, 0.29) is 6.09 Å². The number of carbonyl (C=O) groups excluding carboxylic acids is 1. The minimum atomic E-state index is -0.422. The van der Waals surface area contributed by atoms with Crippen LogP contribution in [0.25, 0.3) is 0 Å². The van der Waals surface area contributed by atoms with Gasteiger partial charge in [0.25, 0.3) is 0 Å². The number of amides is 1. The summed E-state index contributed by atoms with van der Waals surface area (Å²) in [7, 11) is 0. The van der Waals surface area contributed by atoms with E-state index in [0.29, 0.717) is 17.0 Å². The van der Waals surface area contributed by atoms with Crippen molar-refractivity contribution in [3.05, 3.63) is 0 Å². The lowest BCUT2D eigenvalue weighted by atomic mass is 10.2. The first-order valence-corrected chi connectivity index (χ1v) is 7.55. The SMILES string of the molecule is C[C@@H]1CN(CCNC(=O)OC(C)(C)C)C[C@@H](C)S1. The number of rotatable bonds is 3. The molecule has 0 radical (unpaired) electrons. The third kappa shape index (κ3) is 6.50. The zero-order valence-electron chi connectivity index (χ0n) is 12.2. The van der Waals surface area contributed by atoms with Crippen LogP contribution < -0.4 is 5.32 Å². The molecule has 5 heteroatoms. The largest absolute Gasteiger partial charge is 0.444 e. The second kappa shape index (κ2) is 6.66. The van der Waals surface area contributed by atoms with Gasteiger partial charge in [-0.25, -0.2) is 4.79 Å². The maximum Gasteiger partial charge on any atom is 0.407 e. The smallest absolute Gasteiger partial charge is 0.407 e. The second-order valence-electron chi connectivity index (χ2n) is 5.95. The van der Waals surface area contributed by atoms with Gasteiger partial charge in [0.05, 0.1) is 0 Å². The molecule has 0 saturated carbocycles. The molecule has 0 bridgehead atoms. The lowest BCUT2D eigenvalue weighted by Gasteiger charge is -2.34. The summed E-state index contributed by atoms with van der Waals surface area (Å²) in [6.07, 6.45) is -0.324. The Kier molecular flexibility index (Phi) is 5.79. The van der Waals surface area contributed by atoms with Crippen molar-refractivity contribution in [3.8, 4) is 0 Å². The maximum absolute atomic E-state index is 11.5. The quantitative estimate of drug-likeness (QED) is 0.857. The molecule has 1 heterocycles. The summed E-state index contributed by atoms with van der Waals surface area (Å²) >= 11 is 2.04. The zero-order valence-corrected chi connectivity index (χ0v) is 13.0. The first-order chi connectivity index (χ1) is 8.26. The number of nitrogens with zero attached hydrogens (tertiary/aromatic N) is 1. The number of hydrogen-bond donors (Lipinski definition) is 1. The van der Waals surface area contributed by atoms with Gasteiger partial charge in [0.15, 0.2) is 0 Å². The van der Waals surface area contributed by atoms with Crippen molar-refractivity contribution >= 4 is 17.9 Å². The van der Waals surface area contributed by atoms with Crippen molar-refractivity contribution in [1.29, 1.82) is 0 Å². The number of nitrogens with one attached hydrogen (secondary N) is 1. The normalized spacial score (nSPS) is 25.8. The highest BCUT2D eigenvalue weighted by atomic mass is 32.2. The van der Waals surface area contributed by atoms with Crippen molar-refractivity contribution in [3.63, 3.8) is 0 Å². The molecule has 1 N–H and O–H groups in total. The van der Waals surface area contributed by atoms with E-state index in [1.807, 2.05) is 32.5 Å². The van der Waals surface area contributed by atoms with Crippen LogP contribution in [0.5, 0.6) is 0 Å². The molecule has 0 spiro atoms. The van der Waals surface area contributed by atoms with Gasteiger partial charge in [-0.1, -0.05) is 13.8 Å². The monoisotopic (exact) mass is 274 g/mol. The molecular formula is C13H26N2O2S. The second-order valence-corrected chi connectivity index (χ2v) is 7.83. The Bertz CT molecular complexity index is 269. The summed E-state index contributed by atoms with van der Waals surface area (Å²) in [6, 6.07) is 0. The highest BCUT2D eigenvalue weighted by Gasteiger charge is 2.22. The molecule has 1 amide bonds. The summed E-state index contributed by atoms with van der Waals surface area (Å²) in [5.74, 6) is 0. The summed E-state index contributed by atoms with van der Waals surface area (Å²) in [4.78, 5) is 13.9. The minimum Gasteiger partial charge on any atom is -0.444 e. The van der Waals surface area contributed by atoms with E-state index >= 15 is 0 Å². The predicted octanol–water partition coefficient (Wildman–Crippen LogP) is 2.34. The average Bonchev–Trinajstić information content (AvgIpc) is 2.12. The van der Waals surface area contributed by atoms with Crippen molar-refractivity contribution < 1.29 is 9.53 Å². The Morgan fingerprint density at radius 1 is 1.33 bits per heavy atom. The molecule has 0 aromatic carbocycles. The van der Waals surface area contributed by atoms with E-state index < -0.39 is 5.60 Å². The van der Waals surface area contributed by atoms with E-state index in [1.54, 1.807) is 0 Å². The number of carbonyl (C=O) groups is 1. The summed E-state index contributed by atoms with van der Waals surface area (Å²) in [5.41, 5.74) is -0.422. The van der Waals surface area contributed by atoms with Crippen molar-refractivity contribution in [2.45, 2.75) is 50.7 Å². The summed E-state index contributed by atoms with van der Waals surface area (Å²) in [6.45, 7) is 13.9. The first kappa shape index (κ1) is 15.6. The Balaban J connectivity index is 2.19. The number of thioether (sulfide) groups is 1. The van der Waals surface area contributed by atoms with Crippen LogP contribution in [0.4, 0.5) is 4.79 Å². The summed E-state index contributed by atoms with van der Waals surface area (Å²) < 4.78 is 5.20. The van der Waals surface area contributed by atoms with E-state index in [4.69, 9.17) is 4.74 Å². The molecule has 0 aliphatic carbocycles.